The van der Waals surface area contributed by atoms with Crippen molar-refractivity contribution in [3.8, 4) is 5.88 Å². The van der Waals surface area contributed by atoms with Gasteiger partial charge in [-0.2, -0.15) is 4.98 Å². The molecule has 0 fully saturated rings. The quantitative estimate of drug-likeness (QED) is 0.712. The average molecular weight is 223 g/mol. The van der Waals surface area contributed by atoms with Crippen LogP contribution in [0.1, 0.15) is 12.7 Å². The van der Waals surface area contributed by atoms with Crippen LogP contribution in [0.4, 0.5) is 5.82 Å². The Hall–Kier alpha value is -1.62. The van der Waals surface area contributed by atoms with Crippen molar-refractivity contribution in [3.63, 3.8) is 0 Å². The molecule has 1 rings (SSSR count). The molecule has 0 radical (unpaired) electrons. The third-order valence-electron chi connectivity index (χ3n) is 1.79. The zero-order chi connectivity index (χ0) is 11.8. The highest BCUT2D eigenvalue weighted by Crippen LogP contribution is 2.13. The van der Waals surface area contributed by atoms with E-state index >= 15 is 0 Å². The Morgan fingerprint density at radius 3 is 2.94 bits per heavy atom. The van der Waals surface area contributed by atoms with Gasteiger partial charge in [0.05, 0.1) is 0 Å². The Bertz CT molecular complexity index is 342. The fourth-order valence-corrected chi connectivity index (χ4v) is 1.08. The molecule has 1 aromatic rings. The first-order chi connectivity index (χ1) is 7.80. The van der Waals surface area contributed by atoms with Gasteiger partial charge in [-0.25, -0.2) is 4.98 Å². The molecule has 0 aromatic carbocycles. The van der Waals surface area contributed by atoms with Gasteiger partial charge < -0.3 is 14.8 Å². The first kappa shape index (κ1) is 12.4. The van der Waals surface area contributed by atoms with Gasteiger partial charge in [-0.3, -0.25) is 0 Å². The van der Waals surface area contributed by atoms with E-state index in [1.165, 1.54) is 0 Å². The highest BCUT2D eigenvalue weighted by Gasteiger charge is 2.04. The van der Waals surface area contributed by atoms with E-state index in [4.69, 9.17) is 9.47 Å². The van der Waals surface area contributed by atoms with Gasteiger partial charge in [-0.15, -0.1) is 0 Å². The summed E-state index contributed by atoms with van der Waals surface area (Å²) in [6, 6.07) is 1.74. The summed E-state index contributed by atoms with van der Waals surface area (Å²) in [5.41, 5.74) is 0. The number of anilines is 1. The first-order valence-corrected chi connectivity index (χ1v) is 5.17. The zero-order valence-corrected chi connectivity index (χ0v) is 9.69. The fraction of sp³-hybridized carbons (Fsp3) is 0.455. The molecule has 0 saturated heterocycles. The highest BCUT2D eigenvalue weighted by molar-refractivity contribution is 5.37. The van der Waals surface area contributed by atoms with Crippen LogP contribution in [0.5, 0.6) is 5.88 Å². The lowest BCUT2D eigenvalue weighted by Crippen LogP contribution is -2.05. The summed E-state index contributed by atoms with van der Waals surface area (Å²) in [5.74, 6) is 1.84. The van der Waals surface area contributed by atoms with Crippen molar-refractivity contribution < 1.29 is 9.47 Å². The minimum atomic E-state index is 0.385. The first-order valence-electron chi connectivity index (χ1n) is 5.17. The Balaban J connectivity index is 2.78. The van der Waals surface area contributed by atoms with E-state index in [0.717, 1.165) is 0 Å². The number of nitrogens with zero attached hydrogens (tertiary/aromatic N) is 2. The van der Waals surface area contributed by atoms with Crippen molar-refractivity contribution in [3.05, 3.63) is 24.5 Å². The van der Waals surface area contributed by atoms with E-state index in [0.29, 0.717) is 37.3 Å². The normalized spacial score (nSPS) is 9.88. The van der Waals surface area contributed by atoms with Crippen LogP contribution in [-0.4, -0.2) is 30.2 Å². The molecule has 0 aliphatic heterocycles. The Labute approximate surface area is 95.5 Å². The van der Waals surface area contributed by atoms with Gasteiger partial charge >= 0.3 is 0 Å². The summed E-state index contributed by atoms with van der Waals surface area (Å²) in [6.07, 6.45) is 1.67. The van der Waals surface area contributed by atoms with Crippen LogP contribution in [0.15, 0.2) is 18.7 Å². The molecule has 0 amide bonds. The maximum absolute atomic E-state index is 5.35. The lowest BCUT2D eigenvalue weighted by atomic mass is 10.5. The van der Waals surface area contributed by atoms with Gasteiger partial charge in [0.1, 0.15) is 19.0 Å². The van der Waals surface area contributed by atoms with Crippen LogP contribution in [0.3, 0.4) is 0 Å². The van der Waals surface area contributed by atoms with Crippen LogP contribution < -0.4 is 10.1 Å². The third kappa shape index (κ3) is 3.86. The number of hydrogen-bond acceptors (Lipinski definition) is 5. The second-order valence-electron chi connectivity index (χ2n) is 2.99. The second-order valence-corrected chi connectivity index (χ2v) is 2.99. The molecule has 1 heterocycles. The molecule has 88 valence electrons. The average Bonchev–Trinajstić information content (AvgIpc) is 2.33. The monoisotopic (exact) mass is 223 g/mol. The summed E-state index contributed by atoms with van der Waals surface area (Å²) in [6.45, 7) is 6.95. The number of nitrogens with one attached hydrogen (secondary N) is 1. The predicted octanol–water partition coefficient (Wildman–Crippen LogP) is 1.62. The number of rotatable bonds is 7. The van der Waals surface area contributed by atoms with Crippen LogP contribution in [0, 0.1) is 0 Å². The van der Waals surface area contributed by atoms with Gasteiger partial charge in [0.15, 0.2) is 5.82 Å². The molecule has 0 atom stereocenters. The molecule has 16 heavy (non-hydrogen) atoms. The van der Waals surface area contributed by atoms with E-state index in [9.17, 15) is 0 Å². The third-order valence-corrected chi connectivity index (χ3v) is 1.79. The van der Waals surface area contributed by atoms with E-state index in [1.54, 1.807) is 19.2 Å². The molecule has 0 aliphatic rings. The van der Waals surface area contributed by atoms with Crippen molar-refractivity contribution in [1.82, 2.24) is 9.97 Å². The lowest BCUT2D eigenvalue weighted by molar-refractivity contribution is 0.127. The number of aromatic nitrogens is 2. The maximum atomic E-state index is 5.35. The van der Waals surface area contributed by atoms with Gasteiger partial charge in [0, 0.05) is 19.7 Å². The summed E-state index contributed by atoms with van der Waals surface area (Å²) in [4.78, 5) is 8.45. The van der Waals surface area contributed by atoms with Crippen LogP contribution in [-0.2, 0) is 11.3 Å². The Kier molecular flexibility index (Phi) is 5.28. The largest absolute Gasteiger partial charge is 0.473 e. The van der Waals surface area contributed by atoms with E-state index in [2.05, 4.69) is 21.9 Å². The topological polar surface area (TPSA) is 56.3 Å². The Morgan fingerprint density at radius 1 is 1.50 bits per heavy atom. The molecular formula is C11H17N3O2. The van der Waals surface area contributed by atoms with Crippen LogP contribution in [0.2, 0.25) is 0 Å². The van der Waals surface area contributed by atoms with Gasteiger partial charge in [-0.05, 0) is 6.92 Å². The molecule has 0 spiro atoms. The van der Waals surface area contributed by atoms with E-state index < -0.39 is 0 Å². The van der Waals surface area contributed by atoms with Crippen LogP contribution in [0.25, 0.3) is 0 Å². The summed E-state index contributed by atoms with van der Waals surface area (Å²) < 4.78 is 10.6. The molecule has 0 aliphatic carbocycles. The van der Waals surface area contributed by atoms with Gasteiger partial charge in [0.25, 0.3) is 0 Å². The van der Waals surface area contributed by atoms with Crippen molar-refractivity contribution in [1.29, 1.82) is 0 Å². The molecule has 1 aromatic heterocycles. The molecule has 0 unspecified atom stereocenters. The van der Waals surface area contributed by atoms with Crippen LogP contribution >= 0.6 is 0 Å². The Morgan fingerprint density at radius 2 is 2.31 bits per heavy atom. The van der Waals surface area contributed by atoms with Crippen molar-refractivity contribution in [2.75, 3.05) is 25.6 Å². The number of hydrogen-bond donors (Lipinski definition) is 1. The van der Waals surface area contributed by atoms with E-state index in [-0.39, 0.29) is 0 Å². The molecule has 1 N–H and O–H groups in total. The summed E-state index contributed by atoms with van der Waals surface area (Å²) in [7, 11) is 1.80. The minimum absolute atomic E-state index is 0.385. The summed E-state index contributed by atoms with van der Waals surface area (Å²) in [5, 5.41) is 2.95. The molecule has 0 saturated carbocycles. The highest BCUT2D eigenvalue weighted by atomic mass is 16.5. The molecule has 0 bridgehead atoms. The number of ether oxygens (including phenoxy) is 2. The molecular weight excluding hydrogens is 206 g/mol. The smallest absolute Gasteiger partial charge is 0.219 e. The van der Waals surface area contributed by atoms with Crippen molar-refractivity contribution >= 4 is 5.82 Å². The lowest BCUT2D eigenvalue weighted by Gasteiger charge is -2.07. The molecule has 5 heteroatoms. The predicted molar refractivity (Wildman–Crippen MR) is 62.6 cm³/mol. The maximum Gasteiger partial charge on any atom is 0.219 e. The van der Waals surface area contributed by atoms with Crippen molar-refractivity contribution in [2.24, 2.45) is 0 Å². The standard InChI is InChI=1S/C11H17N3O2/c1-4-6-16-11-7-9(12-3)13-10(14-11)8-15-5-2/h4,7H,1,5-6,8H2,2-3H3,(H,12,13,14). The molecule has 5 nitrogen and oxygen atoms in total. The van der Waals surface area contributed by atoms with Gasteiger partial charge in [-0.1, -0.05) is 12.7 Å². The zero-order valence-electron chi connectivity index (χ0n) is 9.69. The minimum Gasteiger partial charge on any atom is -0.473 e. The van der Waals surface area contributed by atoms with Crippen molar-refractivity contribution in [2.45, 2.75) is 13.5 Å². The summed E-state index contributed by atoms with van der Waals surface area (Å²) >= 11 is 0. The van der Waals surface area contributed by atoms with E-state index in [1.807, 2.05) is 6.92 Å². The second kappa shape index (κ2) is 6.79. The fourth-order valence-electron chi connectivity index (χ4n) is 1.08. The van der Waals surface area contributed by atoms with Gasteiger partial charge in [0.2, 0.25) is 5.88 Å². The SMILES string of the molecule is C=CCOc1cc(NC)nc(COCC)n1.